The van der Waals surface area contributed by atoms with Gasteiger partial charge in [-0.1, -0.05) is 6.92 Å². The predicted octanol–water partition coefficient (Wildman–Crippen LogP) is 0.813. The van der Waals surface area contributed by atoms with Crippen molar-refractivity contribution in [3.8, 4) is 0 Å². The van der Waals surface area contributed by atoms with E-state index in [1.54, 1.807) is 6.07 Å². The second kappa shape index (κ2) is 4.39. The van der Waals surface area contributed by atoms with Gasteiger partial charge in [-0.2, -0.15) is 0 Å². The van der Waals surface area contributed by atoms with Crippen LogP contribution in [0.5, 0.6) is 0 Å². The Morgan fingerprint density at radius 1 is 1.57 bits per heavy atom. The molecule has 0 aromatic carbocycles. The number of aryl methyl sites for hydroxylation is 1. The zero-order valence-corrected chi connectivity index (χ0v) is 9.83. The molecule has 0 bridgehead atoms. The summed E-state index contributed by atoms with van der Waals surface area (Å²) in [6.07, 6.45) is 0. The first-order valence-electron chi connectivity index (χ1n) is 4.28. The standard InChI is InChI=1S/C8H14N2O2S2/c1-3-10-5-7-6(2)4-8(13-7)14(9,11)12/h4,10H,3,5H2,1-2H3,(H2,9,11,12). The van der Waals surface area contributed by atoms with E-state index in [-0.39, 0.29) is 4.21 Å². The molecule has 0 saturated carbocycles. The van der Waals surface area contributed by atoms with Crippen LogP contribution in [-0.2, 0) is 16.6 Å². The Kier molecular flexibility index (Phi) is 3.65. The first-order valence-corrected chi connectivity index (χ1v) is 6.64. The first-order chi connectivity index (χ1) is 6.45. The summed E-state index contributed by atoms with van der Waals surface area (Å²) in [7, 11) is -3.54. The van der Waals surface area contributed by atoms with Gasteiger partial charge in [0.1, 0.15) is 4.21 Å². The SMILES string of the molecule is CCNCc1sc(S(N)(=O)=O)cc1C. The van der Waals surface area contributed by atoms with Gasteiger partial charge in [0.15, 0.2) is 0 Å². The lowest BCUT2D eigenvalue weighted by Gasteiger charge is -1.98. The molecule has 0 aliphatic heterocycles. The Labute approximate surface area is 88.2 Å². The Balaban J connectivity index is 2.94. The molecule has 0 spiro atoms. The minimum absolute atomic E-state index is 0.239. The molecule has 0 unspecified atom stereocenters. The van der Waals surface area contributed by atoms with Gasteiger partial charge in [-0.15, -0.1) is 11.3 Å². The Morgan fingerprint density at radius 3 is 2.64 bits per heavy atom. The highest BCUT2D eigenvalue weighted by atomic mass is 32.2. The van der Waals surface area contributed by atoms with Crippen molar-refractivity contribution in [3.05, 3.63) is 16.5 Å². The molecule has 1 heterocycles. The largest absolute Gasteiger partial charge is 0.312 e. The van der Waals surface area contributed by atoms with Crippen LogP contribution in [0.2, 0.25) is 0 Å². The van der Waals surface area contributed by atoms with Crippen LogP contribution in [-0.4, -0.2) is 15.0 Å². The van der Waals surface area contributed by atoms with Crippen molar-refractivity contribution in [2.75, 3.05) is 6.54 Å². The zero-order valence-electron chi connectivity index (χ0n) is 8.20. The molecule has 3 N–H and O–H groups in total. The van der Waals surface area contributed by atoms with Crippen molar-refractivity contribution in [3.63, 3.8) is 0 Å². The summed E-state index contributed by atoms with van der Waals surface area (Å²) in [5.41, 5.74) is 0.972. The zero-order chi connectivity index (χ0) is 10.8. The van der Waals surface area contributed by atoms with E-state index in [4.69, 9.17) is 5.14 Å². The van der Waals surface area contributed by atoms with Crippen molar-refractivity contribution in [1.29, 1.82) is 0 Å². The van der Waals surface area contributed by atoms with Gasteiger partial charge >= 0.3 is 0 Å². The fraction of sp³-hybridized carbons (Fsp3) is 0.500. The molecule has 4 nitrogen and oxygen atoms in total. The summed E-state index contributed by atoms with van der Waals surface area (Å²) in [5.74, 6) is 0. The molecule has 1 aromatic heterocycles. The van der Waals surface area contributed by atoms with Crippen LogP contribution in [0.4, 0.5) is 0 Å². The molecule has 0 amide bonds. The van der Waals surface area contributed by atoms with Crippen LogP contribution >= 0.6 is 11.3 Å². The summed E-state index contributed by atoms with van der Waals surface area (Å²) in [6.45, 7) is 5.45. The molecule has 0 fully saturated rings. The summed E-state index contributed by atoms with van der Waals surface area (Å²) in [6, 6.07) is 1.62. The van der Waals surface area contributed by atoms with Crippen molar-refractivity contribution in [1.82, 2.24) is 5.32 Å². The van der Waals surface area contributed by atoms with Crippen LogP contribution < -0.4 is 10.5 Å². The Bertz CT molecular complexity index is 409. The van der Waals surface area contributed by atoms with Gasteiger partial charge in [0, 0.05) is 11.4 Å². The van der Waals surface area contributed by atoms with Crippen molar-refractivity contribution >= 4 is 21.4 Å². The number of hydrogen-bond acceptors (Lipinski definition) is 4. The lowest BCUT2D eigenvalue weighted by Crippen LogP contribution is -2.11. The van der Waals surface area contributed by atoms with E-state index in [0.717, 1.165) is 17.0 Å². The number of primary sulfonamides is 1. The molecule has 0 atom stereocenters. The van der Waals surface area contributed by atoms with Gasteiger partial charge < -0.3 is 5.32 Å². The van der Waals surface area contributed by atoms with Crippen molar-refractivity contribution in [2.45, 2.75) is 24.6 Å². The molecule has 0 aliphatic rings. The van der Waals surface area contributed by atoms with Crippen LogP contribution in [0.25, 0.3) is 0 Å². The summed E-state index contributed by atoms with van der Waals surface area (Å²) in [4.78, 5) is 1.02. The molecule has 6 heteroatoms. The normalized spacial score (nSPS) is 11.9. The number of nitrogens with two attached hydrogens (primary N) is 1. The third-order valence-corrected chi connectivity index (χ3v) is 4.47. The van der Waals surface area contributed by atoms with E-state index in [9.17, 15) is 8.42 Å². The number of rotatable bonds is 4. The monoisotopic (exact) mass is 234 g/mol. The molecule has 1 aromatic rings. The Hall–Kier alpha value is -0.430. The molecule has 0 saturated heterocycles. The lowest BCUT2D eigenvalue weighted by atomic mass is 10.3. The van der Waals surface area contributed by atoms with Gasteiger partial charge in [-0.25, -0.2) is 13.6 Å². The minimum Gasteiger partial charge on any atom is -0.312 e. The number of thiophene rings is 1. The average Bonchev–Trinajstić information content (AvgIpc) is 2.43. The molecule has 0 aliphatic carbocycles. The van der Waals surface area contributed by atoms with Gasteiger partial charge in [-0.3, -0.25) is 0 Å². The second-order valence-corrected chi connectivity index (χ2v) is 5.92. The summed E-state index contributed by atoms with van der Waals surface area (Å²) in [5, 5.41) is 8.17. The van der Waals surface area contributed by atoms with E-state index in [1.165, 1.54) is 11.3 Å². The van der Waals surface area contributed by atoms with Gasteiger partial charge in [0.2, 0.25) is 10.0 Å². The van der Waals surface area contributed by atoms with E-state index in [2.05, 4.69) is 5.32 Å². The fourth-order valence-corrected chi connectivity index (χ4v) is 3.02. The van der Waals surface area contributed by atoms with Gasteiger partial charge in [0.05, 0.1) is 0 Å². The van der Waals surface area contributed by atoms with Crippen molar-refractivity contribution in [2.24, 2.45) is 5.14 Å². The minimum atomic E-state index is -3.54. The summed E-state index contributed by atoms with van der Waals surface area (Å²) < 4.78 is 22.3. The quantitative estimate of drug-likeness (QED) is 0.810. The third kappa shape index (κ3) is 2.78. The number of nitrogens with one attached hydrogen (secondary N) is 1. The Morgan fingerprint density at radius 2 is 2.21 bits per heavy atom. The third-order valence-electron chi connectivity index (χ3n) is 1.81. The van der Waals surface area contributed by atoms with Crippen LogP contribution in [0.1, 0.15) is 17.4 Å². The van der Waals surface area contributed by atoms with Crippen LogP contribution in [0, 0.1) is 6.92 Å². The molecule has 1 rings (SSSR count). The van der Waals surface area contributed by atoms with E-state index in [0.29, 0.717) is 6.54 Å². The van der Waals surface area contributed by atoms with Gasteiger partial charge in [0.25, 0.3) is 0 Å². The molecule has 0 radical (unpaired) electrons. The van der Waals surface area contributed by atoms with Crippen LogP contribution in [0.3, 0.4) is 0 Å². The smallest absolute Gasteiger partial charge is 0.247 e. The lowest BCUT2D eigenvalue weighted by molar-refractivity contribution is 0.599. The highest BCUT2D eigenvalue weighted by Crippen LogP contribution is 2.24. The van der Waals surface area contributed by atoms with Gasteiger partial charge in [-0.05, 0) is 25.1 Å². The number of hydrogen-bond donors (Lipinski definition) is 2. The van der Waals surface area contributed by atoms with Crippen molar-refractivity contribution < 1.29 is 8.42 Å². The molecular formula is C8H14N2O2S2. The average molecular weight is 234 g/mol. The fourth-order valence-electron chi connectivity index (χ4n) is 1.04. The highest BCUT2D eigenvalue weighted by molar-refractivity contribution is 7.91. The molecule has 14 heavy (non-hydrogen) atoms. The topological polar surface area (TPSA) is 72.2 Å². The molecule has 80 valence electrons. The maximum Gasteiger partial charge on any atom is 0.247 e. The van der Waals surface area contributed by atoms with E-state index >= 15 is 0 Å². The first kappa shape index (κ1) is 11.6. The number of sulfonamides is 1. The summed E-state index contributed by atoms with van der Waals surface area (Å²) >= 11 is 1.23. The van der Waals surface area contributed by atoms with E-state index in [1.807, 2.05) is 13.8 Å². The predicted molar refractivity (Wildman–Crippen MR) is 57.8 cm³/mol. The molecular weight excluding hydrogens is 220 g/mol. The maximum absolute atomic E-state index is 11.0. The highest BCUT2D eigenvalue weighted by Gasteiger charge is 2.13. The maximum atomic E-state index is 11.0. The van der Waals surface area contributed by atoms with E-state index < -0.39 is 10.0 Å². The second-order valence-electron chi connectivity index (χ2n) is 3.00. The van der Waals surface area contributed by atoms with Crippen LogP contribution in [0.15, 0.2) is 10.3 Å².